The zero-order valence-electron chi connectivity index (χ0n) is 12.1. The van der Waals surface area contributed by atoms with Gasteiger partial charge in [-0.2, -0.15) is 0 Å². The number of nitrogens with one attached hydrogen (secondary N) is 1. The highest BCUT2D eigenvalue weighted by atomic mass is 32.2. The molecule has 2 atom stereocenters. The van der Waals surface area contributed by atoms with Crippen LogP contribution in [0.1, 0.15) is 46.5 Å². The first-order valence-electron chi connectivity index (χ1n) is 6.95. The van der Waals surface area contributed by atoms with Crippen molar-refractivity contribution in [3.63, 3.8) is 0 Å². The number of nitrogens with zero attached hydrogens (tertiary/aromatic N) is 1. The summed E-state index contributed by atoms with van der Waals surface area (Å²) < 4.78 is 5.41. The van der Waals surface area contributed by atoms with E-state index in [9.17, 15) is 0 Å². The van der Waals surface area contributed by atoms with Gasteiger partial charge in [0.2, 0.25) is 0 Å². The summed E-state index contributed by atoms with van der Waals surface area (Å²) in [5.41, 5.74) is 0.170. The molecular formula is C14H26N2OS. The molecule has 2 aliphatic rings. The maximum atomic E-state index is 5.41. The average molecular weight is 270 g/mol. The van der Waals surface area contributed by atoms with Crippen molar-refractivity contribution in [2.75, 3.05) is 19.4 Å². The summed E-state index contributed by atoms with van der Waals surface area (Å²) >= 11 is 1.88. The Balaban J connectivity index is 1.93. The second-order valence-corrected chi connectivity index (χ2v) is 7.44. The molecule has 0 radical (unpaired) electrons. The smallest absolute Gasteiger partial charge is 0.157 e. The first-order chi connectivity index (χ1) is 8.45. The number of hydrogen-bond acceptors (Lipinski definition) is 3. The number of ether oxygens (including phenoxy) is 1. The largest absolute Gasteiger partial charge is 0.377 e. The van der Waals surface area contributed by atoms with Gasteiger partial charge in [-0.05, 0) is 32.6 Å². The van der Waals surface area contributed by atoms with Crippen LogP contribution in [-0.2, 0) is 4.74 Å². The van der Waals surface area contributed by atoms with E-state index >= 15 is 0 Å². The van der Waals surface area contributed by atoms with Crippen molar-refractivity contribution in [1.29, 1.82) is 0 Å². The van der Waals surface area contributed by atoms with Crippen molar-refractivity contribution in [3.05, 3.63) is 0 Å². The van der Waals surface area contributed by atoms with Crippen LogP contribution < -0.4 is 5.32 Å². The number of thioether (sulfide) groups is 1. The second-order valence-electron chi connectivity index (χ2n) is 6.48. The molecule has 2 unspecified atom stereocenters. The topological polar surface area (TPSA) is 33.6 Å². The molecule has 1 saturated heterocycles. The van der Waals surface area contributed by atoms with Crippen LogP contribution in [0.15, 0.2) is 4.99 Å². The molecule has 0 bridgehead atoms. The molecule has 4 heteroatoms. The van der Waals surface area contributed by atoms with Crippen LogP contribution in [0.25, 0.3) is 0 Å². The van der Waals surface area contributed by atoms with Crippen LogP contribution in [0.2, 0.25) is 0 Å². The molecule has 0 aromatic rings. The first-order valence-corrected chi connectivity index (χ1v) is 7.94. The number of methoxy groups -OCH3 is 1. The maximum Gasteiger partial charge on any atom is 0.157 e. The Bertz CT molecular complexity index is 330. The highest BCUT2D eigenvalue weighted by Gasteiger charge is 2.40. The molecule has 1 aliphatic carbocycles. The highest BCUT2D eigenvalue weighted by molar-refractivity contribution is 8.14. The van der Waals surface area contributed by atoms with Crippen molar-refractivity contribution in [3.8, 4) is 0 Å². The van der Waals surface area contributed by atoms with E-state index in [0.29, 0.717) is 5.54 Å². The third kappa shape index (κ3) is 3.41. The van der Waals surface area contributed by atoms with Crippen molar-refractivity contribution in [2.24, 2.45) is 10.9 Å². The third-order valence-electron chi connectivity index (χ3n) is 4.10. The molecule has 3 nitrogen and oxygen atoms in total. The third-order valence-corrected chi connectivity index (χ3v) is 5.31. The lowest BCUT2D eigenvalue weighted by atomic mass is 9.78. The van der Waals surface area contributed by atoms with Crippen LogP contribution in [0.3, 0.4) is 0 Å². The van der Waals surface area contributed by atoms with Gasteiger partial charge < -0.3 is 10.1 Å². The van der Waals surface area contributed by atoms with Gasteiger partial charge in [0.1, 0.15) is 0 Å². The fourth-order valence-corrected chi connectivity index (χ4v) is 4.01. The minimum Gasteiger partial charge on any atom is -0.377 e. The van der Waals surface area contributed by atoms with Crippen LogP contribution >= 0.6 is 11.8 Å². The molecule has 0 aromatic carbocycles. The predicted molar refractivity (Wildman–Crippen MR) is 79.3 cm³/mol. The summed E-state index contributed by atoms with van der Waals surface area (Å²) in [6, 6.07) is 0. The fourth-order valence-electron chi connectivity index (χ4n) is 2.82. The Hall–Kier alpha value is -0.220. The summed E-state index contributed by atoms with van der Waals surface area (Å²) in [5.74, 6) is 2.03. The van der Waals surface area contributed by atoms with E-state index < -0.39 is 0 Å². The number of aliphatic imine (C=N–C) groups is 1. The van der Waals surface area contributed by atoms with E-state index in [1.165, 1.54) is 31.4 Å². The van der Waals surface area contributed by atoms with E-state index in [0.717, 1.165) is 17.6 Å². The standard InChI is InChI=1S/C14H26N2OS/c1-11-6-5-7-14(8-11)10-18-12(16-14)15-9-13(2,3)17-4/h11H,5-10H2,1-4H3,(H,15,16). The molecule has 18 heavy (non-hydrogen) atoms. The molecule has 1 saturated carbocycles. The lowest BCUT2D eigenvalue weighted by Gasteiger charge is -2.36. The van der Waals surface area contributed by atoms with Crippen molar-refractivity contribution in [1.82, 2.24) is 5.32 Å². The summed E-state index contributed by atoms with van der Waals surface area (Å²) in [4.78, 5) is 4.68. The summed E-state index contributed by atoms with van der Waals surface area (Å²) in [5, 5.41) is 4.81. The Morgan fingerprint density at radius 3 is 3.00 bits per heavy atom. The number of rotatable bonds is 3. The normalized spacial score (nSPS) is 35.1. The molecule has 0 aromatic heterocycles. The van der Waals surface area contributed by atoms with Gasteiger partial charge in [-0.15, -0.1) is 0 Å². The molecule has 2 rings (SSSR count). The average Bonchev–Trinajstić information content (AvgIpc) is 2.70. The predicted octanol–water partition coefficient (Wildman–Crippen LogP) is 3.05. The second kappa shape index (κ2) is 5.41. The molecule has 1 heterocycles. The van der Waals surface area contributed by atoms with E-state index in [4.69, 9.17) is 4.74 Å². The van der Waals surface area contributed by atoms with E-state index in [1.807, 2.05) is 11.8 Å². The lowest BCUT2D eigenvalue weighted by Crippen LogP contribution is -2.47. The molecule has 0 amide bonds. The van der Waals surface area contributed by atoms with E-state index in [2.05, 4.69) is 31.1 Å². The zero-order chi connectivity index (χ0) is 13.2. The fraction of sp³-hybridized carbons (Fsp3) is 0.929. The van der Waals surface area contributed by atoms with Crippen molar-refractivity contribution >= 4 is 16.9 Å². The molecule has 1 N–H and O–H groups in total. The minimum absolute atomic E-state index is 0.162. The molecule has 1 spiro atoms. The Kier molecular flexibility index (Phi) is 4.27. The SMILES string of the molecule is COC(C)(C)CN=C1NC2(CCCC(C)C2)CS1. The summed E-state index contributed by atoms with van der Waals surface area (Å²) in [6.45, 7) is 7.26. The number of hydrogen-bond donors (Lipinski definition) is 1. The molecule has 1 aliphatic heterocycles. The Labute approximate surface area is 115 Å². The van der Waals surface area contributed by atoms with Crippen LogP contribution in [0.4, 0.5) is 0 Å². The van der Waals surface area contributed by atoms with Gasteiger partial charge in [0, 0.05) is 18.4 Å². The zero-order valence-corrected chi connectivity index (χ0v) is 12.9. The summed E-state index contributed by atoms with van der Waals surface area (Å²) in [6.07, 6.45) is 5.34. The maximum absolute atomic E-state index is 5.41. The quantitative estimate of drug-likeness (QED) is 0.856. The number of amidine groups is 1. The van der Waals surface area contributed by atoms with Gasteiger partial charge in [-0.1, -0.05) is 31.5 Å². The highest BCUT2D eigenvalue weighted by Crippen LogP contribution is 2.38. The Morgan fingerprint density at radius 2 is 2.33 bits per heavy atom. The molecular weight excluding hydrogens is 244 g/mol. The van der Waals surface area contributed by atoms with Gasteiger partial charge in [0.05, 0.1) is 12.1 Å². The van der Waals surface area contributed by atoms with Crippen LogP contribution in [-0.4, -0.2) is 35.7 Å². The monoisotopic (exact) mass is 270 g/mol. The van der Waals surface area contributed by atoms with Crippen LogP contribution in [0.5, 0.6) is 0 Å². The van der Waals surface area contributed by atoms with Gasteiger partial charge in [-0.3, -0.25) is 4.99 Å². The lowest BCUT2D eigenvalue weighted by molar-refractivity contribution is 0.0311. The minimum atomic E-state index is -0.162. The molecule has 2 fully saturated rings. The first kappa shape index (κ1) is 14.2. The van der Waals surface area contributed by atoms with Crippen molar-refractivity contribution < 1.29 is 4.74 Å². The van der Waals surface area contributed by atoms with Gasteiger partial charge >= 0.3 is 0 Å². The summed E-state index contributed by atoms with van der Waals surface area (Å²) in [7, 11) is 1.75. The molecule has 104 valence electrons. The van der Waals surface area contributed by atoms with E-state index in [1.54, 1.807) is 7.11 Å². The van der Waals surface area contributed by atoms with Crippen LogP contribution in [0, 0.1) is 5.92 Å². The van der Waals surface area contributed by atoms with Gasteiger partial charge in [0.25, 0.3) is 0 Å². The van der Waals surface area contributed by atoms with Gasteiger partial charge in [-0.25, -0.2) is 0 Å². The van der Waals surface area contributed by atoms with Gasteiger partial charge in [0.15, 0.2) is 5.17 Å². The van der Waals surface area contributed by atoms with E-state index in [-0.39, 0.29) is 5.60 Å². The van der Waals surface area contributed by atoms with Crippen molar-refractivity contribution in [2.45, 2.75) is 57.6 Å². The Morgan fingerprint density at radius 1 is 1.56 bits per heavy atom.